The fraction of sp³-hybridized carbons (Fsp3) is 0.462. The van der Waals surface area contributed by atoms with Crippen LogP contribution in [-0.4, -0.2) is 12.5 Å². The normalized spacial score (nSPS) is 12.2. The van der Waals surface area contributed by atoms with Crippen molar-refractivity contribution in [1.29, 1.82) is 0 Å². The van der Waals surface area contributed by atoms with E-state index in [4.69, 9.17) is 10.5 Å². The highest BCUT2D eigenvalue weighted by molar-refractivity contribution is 5.69. The molecule has 0 aliphatic heterocycles. The highest BCUT2D eigenvalue weighted by Gasteiger charge is 2.12. The van der Waals surface area contributed by atoms with Gasteiger partial charge in [0.25, 0.3) is 0 Å². The molecule has 1 atom stereocenters. The average molecular weight is 239 g/mol. The highest BCUT2D eigenvalue weighted by atomic mass is 19.1. The summed E-state index contributed by atoms with van der Waals surface area (Å²) in [5.74, 6) is -0.542. The summed E-state index contributed by atoms with van der Waals surface area (Å²) >= 11 is 0. The van der Waals surface area contributed by atoms with Crippen molar-refractivity contribution in [3.8, 4) is 0 Å². The van der Waals surface area contributed by atoms with Crippen LogP contribution in [0, 0.1) is 11.7 Å². The minimum Gasteiger partial charge on any atom is -0.461 e. The summed E-state index contributed by atoms with van der Waals surface area (Å²) in [5, 5.41) is 0. The van der Waals surface area contributed by atoms with Crippen LogP contribution in [0.1, 0.15) is 25.3 Å². The van der Waals surface area contributed by atoms with Crippen LogP contribution in [0.4, 0.5) is 4.39 Å². The standard InChI is InChI=1S/C13H18FNO2/c1-2-10(8-15)7-13(16)17-9-11-5-3-4-6-12(11)14/h3-6,10H,2,7-9,15H2,1H3. The van der Waals surface area contributed by atoms with Crippen LogP contribution >= 0.6 is 0 Å². The molecule has 3 nitrogen and oxygen atoms in total. The zero-order valence-corrected chi connectivity index (χ0v) is 9.99. The van der Waals surface area contributed by atoms with Crippen LogP contribution < -0.4 is 5.73 Å². The summed E-state index contributed by atoms with van der Waals surface area (Å²) < 4.78 is 18.2. The van der Waals surface area contributed by atoms with Gasteiger partial charge in [0, 0.05) is 12.0 Å². The smallest absolute Gasteiger partial charge is 0.306 e. The third-order valence-electron chi connectivity index (χ3n) is 2.71. The number of hydrogen-bond donors (Lipinski definition) is 1. The van der Waals surface area contributed by atoms with Gasteiger partial charge < -0.3 is 10.5 Å². The van der Waals surface area contributed by atoms with E-state index in [0.717, 1.165) is 6.42 Å². The van der Waals surface area contributed by atoms with Crippen LogP contribution in [0.5, 0.6) is 0 Å². The lowest BCUT2D eigenvalue weighted by Crippen LogP contribution is -2.18. The number of hydrogen-bond acceptors (Lipinski definition) is 3. The lowest BCUT2D eigenvalue weighted by Gasteiger charge is -2.11. The Morgan fingerprint density at radius 2 is 2.18 bits per heavy atom. The molecule has 1 aromatic rings. The van der Waals surface area contributed by atoms with Crippen molar-refractivity contribution in [2.24, 2.45) is 11.7 Å². The Bertz CT molecular complexity index is 364. The molecular formula is C13H18FNO2. The maximum absolute atomic E-state index is 13.2. The zero-order chi connectivity index (χ0) is 12.7. The molecule has 17 heavy (non-hydrogen) atoms. The topological polar surface area (TPSA) is 52.3 Å². The second-order valence-electron chi connectivity index (χ2n) is 3.97. The van der Waals surface area contributed by atoms with Crippen molar-refractivity contribution < 1.29 is 13.9 Å². The molecule has 1 rings (SSSR count). The van der Waals surface area contributed by atoms with E-state index < -0.39 is 0 Å². The first-order chi connectivity index (χ1) is 8.17. The van der Waals surface area contributed by atoms with Gasteiger partial charge in [-0.1, -0.05) is 31.5 Å². The molecule has 0 aromatic heterocycles. The van der Waals surface area contributed by atoms with Gasteiger partial charge in [0.1, 0.15) is 12.4 Å². The van der Waals surface area contributed by atoms with Gasteiger partial charge in [-0.15, -0.1) is 0 Å². The van der Waals surface area contributed by atoms with Gasteiger partial charge in [0.2, 0.25) is 0 Å². The Balaban J connectivity index is 2.41. The van der Waals surface area contributed by atoms with Crippen molar-refractivity contribution in [2.45, 2.75) is 26.4 Å². The molecule has 0 bridgehead atoms. The number of benzene rings is 1. The summed E-state index contributed by atoms with van der Waals surface area (Å²) in [6, 6.07) is 6.25. The van der Waals surface area contributed by atoms with Crippen molar-refractivity contribution in [1.82, 2.24) is 0 Å². The second kappa shape index (κ2) is 7.01. The zero-order valence-electron chi connectivity index (χ0n) is 9.99. The monoisotopic (exact) mass is 239 g/mol. The largest absolute Gasteiger partial charge is 0.461 e. The Morgan fingerprint density at radius 1 is 1.47 bits per heavy atom. The van der Waals surface area contributed by atoms with Crippen LogP contribution in [0.25, 0.3) is 0 Å². The molecule has 4 heteroatoms. The summed E-state index contributed by atoms with van der Waals surface area (Å²) in [5.41, 5.74) is 5.89. The molecule has 0 aliphatic rings. The Morgan fingerprint density at radius 3 is 2.76 bits per heavy atom. The number of carbonyl (C=O) groups is 1. The lowest BCUT2D eigenvalue weighted by atomic mass is 10.0. The summed E-state index contributed by atoms with van der Waals surface area (Å²) in [6.07, 6.45) is 1.13. The van der Waals surface area contributed by atoms with E-state index >= 15 is 0 Å². The molecule has 0 aliphatic carbocycles. The first kappa shape index (κ1) is 13.6. The highest BCUT2D eigenvalue weighted by Crippen LogP contribution is 2.11. The minimum atomic E-state index is -0.355. The predicted molar refractivity (Wildman–Crippen MR) is 63.6 cm³/mol. The molecule has 0 spiro atoms. The molecule has 1 unspecified atom stereocenters. The SMILES string of the molecule is CCC(CN)CC(=O)OCc1ccccc1F. The second-order valence-corrected chi connectivity index (χ2v) is 3.97. The Labute approximate surface area is 101 Å². The van der Waals surface area contributed by atoms with E-state index in [-0.39, 0.29) is 24.3 Å². The van der Waals surface area contributed by atoms with Crippen LogP contribution in [-0.2, 0) is 16.1 Å². The molecule has 1 aromatic carbocycles. The van der Waals surface area contributed by atoms with E-state index in [1.165, 1.54) is 6.07 Å². The molecule has 0 saturated carbocycles. The quantitative estimate of drug-likeness (QED) is 0.774. The van der Waals surface area contributed by atoms with Crippen molar-refractivity contribution >= 4 is 5.97 Å². The van der Waals surface area contributed by atoms with E-state index in [1.54, 1.807) is 18.2 Å². The average Bonchev–Trinajstić information content (AvgIpc) is 2.35. The third-order valence-corrected chi connectivity index (χ3v) is 2.71. The molecule has 0 radical (unpaired) electrons. The first-order valence-electron chi connectivity index (χ1n) is 5.76. The molecule has 0 heterocycles. The van der Waals surface area contributed by atoms with E-state index in [9.17, 15) is 9.18 Å². The number of halogens is 1. The maximum atomic E-state index is 13.2. The van der Waals surface area contributed by atoms with Crippen molar-refractivity contribution in [2.75, 3.05) is 6.54 Å². The van der Waals surface area contributed by atoms with Crippen LogP contribution in [0.2, 0.25) is 0 Å². The number of nitrogens with two attached hydrogens (primary N) is 1. The molecule has 0 fully saturated rings. The van der Waals surface area contributed by atoms with Crippen molar-refractivity contribution in [3.63, 3.8) is 0 Å². The third kappa shape index (κ3) is 4.53. The number of ether oxygens (including phenoxy) is 1. The van der Waals surface area contributed by atoms with Gasteiger partial charge in [-0.25, -0.2) is 4.39 Å². The lowest BCUT2D eigenvalue weighted by molar-refractivity contribution is -0.146. The van der Waals surface area contributed by atoms with Gasteiger partial charge >= 0.3 is 5.97 Å². The van der Waals surface area contributed by atoms with Crippen LogP contribution in [0.3, 0.4) is 0 Å². The molecule has 2 N–H and O–H groups in total. The fourth-order valence-corrected chi connectivity index (χ4v) is 1.46. The number of esters is 1. The maximum Gasteiger partial charge on any atom is 0.306 e. The summed E-state index contributed by atoms with van der Waals surface area (Å²) in [4.78, 5) is 11.5. The van der Waals surface area contributed by atoms with Crippen molar-refractivity contribution in [3.05, 3.63) is 35.6 Å². The minimum absolute atomic E-state index is 0.0213. The number of rotatable bonds is 6. The van der Waals surface area contributed by atoms with Gasteiger partial charge in [0.05, 0.1) is 0 Å². The van der Waals surface area contributed by atoms with Gasteiger partial charge in [-0.3, -0.25) is 4.79 Å². The summed E-state index contributed by atoms with van der Waals surface area (Å²) in [6.45, 7) is 2.42. The first-order valence-corrected chi connectivity index (χ1v) is 5.76. The van der Waals surface area contributed by atoms with E-state index in [0.29, 0.717) is 18.5 Å². The predicted octanol–water partition coefficient (Wildman–Crippen LogP) is 2.24. The molecular weight excluding hydrogens is 221 g/mol. The molecule has 0 saturated heterocycles. The molecule has 0 amide bonds. The van der Waals surface area contributed by atoms with E-state index in [2.05, 4.69) is 0 Å². The van der Waals surface area contributed by atoms with Gasteiger partial charge in [-0.05, 0) is 18.5 Å². The molecule has 94 valence electrons. The van der Waals surface area contributed by atoms with Gasteiger partial charge in [0.15, 0.2) is 0 Å². The van der Waals surface area contributed by atoms with E-state index in [1.807, 2.05) is 6.92 Å². The van der Waals surface area contributed by atoms with Gasteiger partial charge in [-0.2, -0.15) is 0 Å². The fourth-order valence-electron chi connectivity index (χ4n) is 1.46. The Hall–Kier alpha value is -1.42. The van der Waals surface area contributed by atoms with Crippen LogP contribution in [0.15, 0.2) is 24.3 Å². The Kier molecular flexibility index (Phi) is 5.63. The summed E-state index contributed by atoms with van der Waals surface area (Å²) in [7, 11) is 0. The number of carbonyl (C=O) groups excluding carboxylic acids is 1.